The summed E-state index contributed by atoms with van der Waals surface area (Å²) in [5.74, 6) is -0.382. The number of carboxylic acid groups (broad SMARTS) is 1. The molecule has 2 aromatic carbocycles. The summed E-state index contributed by atoms with van der Waals surface area (Å²) in [6.45, 7) is 2.12. The largest absolute Gasteiger partial charge is 0.480 e. The van der Waals surface area contributed by atoms with Gasteiger partial charge in [0.25, 0.3) is 0 Å². The molecular formula is C24H24N6O4S. The number of benzene rings is 2. The molecular weight excluding hydrogens is 468 g/mol. The first kappa shape index (κ1) is 22.8. The van der Waals surface area contributed by atoms with E-state index in [1.54, 1.807) is 28.8 Å². The fraction of sp³-hybridized carbons (Fsp3) is 0.208. The highest BCUT2D eigenvalue weighted by Gasteiger charge is 2.21. The van der Waals surface area contributed by atoms with Crippen molar-refractivity contribution in [1.29, 1.82) is 0 Å². The van der Waals surface area contributed by atoms with Gasteiger partial charge in [-0.2, -0.15) is 4.98 Å². The Morgan fingerprint density at radius 3 is 2.46 bits per heavy atom. The van der Waals surface area contributed by atoms with Crippen LogP contribution in [0.4, 0.5) is 17.3 Å². The van der Waals surface area contributed by atoms with Crippen molar-refractivity contribution >= 4 is 38.8 Å². The molecule has 1 aliphatic heterocycles. The van der Waals surface area contributed by atoms with Crippen LogP contribution in [-0.4, -0.2) is 71.6 Å². The van der Waals surface area contributed by atoms with Gasteiger partial charge in [0, 0.05) is 36.3 Å². The van der Waals surface area contributed by atoms with E-state index in [2.05, 4.69) is 20.3 Å². The van der Waals surface area contributed by atoms with E-state index in [9.17, 15) is 13.2 Å². The van der Waals surface area contributed by atoms with Crippen molar-refractivity contribution in [2.24, 2.45) is 0 Å². The predicted octanol–water partition coefficient (Wildman–Crippen LogP) is 2.71. The van der Waals surface area contributed by atoms with Crippen LogP contribution < -0.4 is 10.2 Å². The molecule has 35 heavy (non-hydrogen) atoms. The van der Waals surface area contributed by atoms with Crippen molar-refractivity contribution < 1.29 is 18.3 Å². The molecule has 0 unspecified atom stereocenters. The maximum atomic E-state index is 11.8. The molecule has 0 saturated carbocycles. The van der Waals surface area contributed by atoms with E-state index in [0.717, 1.165) is 35.7 Å². The highest BCUT2D eigenvalue weighted by Crippen LogP contribution is 2.25. The van der Waals surface area contributed by atoms with E-state index < -0.39 is 15.8 Å². The quantitative estimate of drug-likeness (QED) is 0.401. The number of fused-ring (bicyclic) bond motifs is 1. The Hall–Kier alpha value is -3.96. The van der Waals surface area contributed by atoms with E-state index in [1.807, 2.05) is 47.4 Å². The minimum Gasteiger partial charge on any atom is -0.480 e. The summed E-state index contributed by atoms with van der Waals surface area (Å²) in [5, 5.41) is 16.8. The van der Waals surface area contributed by atoms with Crippen molar-refractivity contribution in [3.8, 4) is 11.3 Å². The van der Waals surface area contributed by atoms with E-state index in [-0.39, 0.29) is 11.4 Å². The lowest BCUT2D eigenvalue weighted by Crippen LogP contribution is -2.29. The molecule has 0 amide bonds. The van der Waals surface area contributed by atoms with Gasteiger partial charge in [0.2, 0.25) is 5.95 Å². The number of hydrogen-bond donors (Lipinski definition) is 2. The van der Waals surface area contributed by atoms with E-state index in [1.165, 1.54) is 6.26 Å². The molecule has 5 rings (SSSR count). The Labute approximate surface area is 202 Å². The summed E-state index contributed by atoms with van der Waals surface area (Å²) in [6, 6.07) is 20.2. The molecule has 4 aromatic rings. The Morgan fingerprint density at radius 1 is 1.03 bits per heavy atom. The average Bonchev–Trinajstić information content (AvgIpc) is 3.45. The van der Waals surface area contributed by atoms with Crippen LogP contribution in [0.25, 0.3) is 16.9 Å². The summed E-state index contributed by atoms with van der Waals surface area (Å²) < 4.78 is 25.2. The zero-order chi connectivity index (χ0) is 24.6. The first-order chi connectivity index (χ1) is 16.8. The fourth-order valence-corrected chi connectivity index (χ4v) is 4.74. The maximum Gasteiger partial charge on any atom is 0.317 e. The fourth-order valence-electron chi connectivity index (χ4n) is 4.11. The molecule has 180 valence electrons. The molecule has 3 heterocycles. The molecule has 1 fully saturated rings. The Morgan fingerprint density at radius 2 is 1.77 bits per heavy atom. The lowest BCUT2D eigenvalue weighted by molar-refractivity contribution is -0.138. The molecule has 0 radical (unpaired) electrons. The molecule has 1 aliphatic rings. The number of pyridine rings is 1. The van der Waals surface area contributed by atoms with Gasteiger partial charge in [0.05, 0.1) is 23.8 Å². The van der Waals surface area contributed by atoms with Crippen molar-refractivity contribution in [3.63, 3.8) is 0 Å². The lowest BCUT2D eigenvalue weighted by Gasteiger charge is -2.19. The normalized spacial score (nSPS) is 14.5. The number of aromatic nitrogens is 3. The lowest BCUT2D eigenvalue weighted by atomic mass is 10.1. The number of aliphatic carboxylic acids is 1. The second-order valence-electron chi connectivity index (χ2n) is 8.44. The maximum absolute atomic E-state index is 11.8. The Balaban J connectivity index is 1.33. The van der Waals surface area contributed by atoms with Gasteiger partial charge < -0.3 is 15.3 Å². The van der Waals surface area contributed by atoms with Crippen molar-refractivity contribution in [2.45, 2.75) is 4.90 Å². The van der Waals surface area contributed by atoms with Crippen LogP contribution in [0, 0.1) is 0 Å². The van der Waals surface area contributed by atoms with Crippen LogP contribution in [0.2, 0.25) is 0 Å². The van der Waals surface area contributed by atoms with Gasteiger partial charge in [-0.05, 0) is 48.5 Å². The van der Waals surface area contributed by atoms with E-state index in [4.69, 9.17) is 5.11 Å². The SMILES string of the molecule is CS(=O)(=O)c1ccc(-c2cccc3nc(Nc4ccc(N5CCN(CC(=O)O)C5)cc4)nn23)cc1. The molecule has 11 heteroatoms. The van der Waals surface area contributed by atoms with Gasteiger partial charge in [-0.3, -0.25) is 9.69 Å². The van der Waals surface area contributed by atoms with E-state index in [0.29, 0.717) is 18.3 Å². The first-order valence-electron chi connectivity index (χ1n) is 11.0. The summed E-state index contributed by atoms with van der Waals surface area (Å²) in [6.07, 6.45) is 1.18. The smallest absolute Gasteiger partial charge is 0.317 e. The van der Waals surface area contributed by atoms with Crippen molar-refractivity contribution in [1.82, 2.24) is 19.5 Å². The number of hydrogen-bond acceptors (Lipinski definition) is 8. The molecule has 2 aromatic heterocycles. The topological polar surface area (TPSA) is 120 Å². The Kier molecular flexibility index (Phi) is 5.87. The highest BCUT2D eigenvalue weighted by molar-refractivity contribution is 7.90. The number of carboxylic acids is 1. The average molecular weight is 493 g/mol. The molecule has 0 aliphatic carbocycles. The number of rotatable bonds is 7. The molecule has 1 saturated heterocycles. The summed E-state index contributed by atoms with van der Waals surface area (Å²) in [5.41, 5.74) is 4.12. The zero-order valence-electron chi connectivity index (χ0n) is 19.0. The highest BCUT2D eigenvalue weighted by atomic mass is 32.2. The van der Waals surface area contributed by atoms with Gasteiger partial charge >= 0.3 is 5.97 Å². The zero-order valence-corrected chi connectivity index (χ0v) is 19.8. The van der Waals surface area contributed by atoms with Crippen LogP contribution in [-0.2, 0) is 14.6 Å². The number of carbonyl (C=O) groups is 1. The van der Waals surface area contributed by atoms with Gasteiger partial charge in [0.15, 0.2) is 15.5 Å². The third-order valence-electron chi connectivity index (χ3n) is 5.84. The second kappa shape index (κ2) is 9.01. The summed E-state index contributed by atoms with van der Waals surface area (Å²) >= 11 is 0. The van der Waals surface area contributed by atoms with Crippen LogP contribution in [0.15, 0.2) is 71.6 Å². The monoisotopic (exact) mass is 492 g/mol. The number of anilines is 3. The van der Waals surface area contributed by atoms with Crippen LogP contribution in [0.1, 0.15) is 0 Å². The molecule has 0 atom stereocenters. The van der Waals surface area contributed by atoms with Gasteiger partial charge in [-0.25, -0.2) is 12.9 Å². The number of nitrogens with one attached hydrogen (secondary N) is 1. The second-order valence-corrected chi connectivity index (χ2v) is 10.5. The van der Waals surface area contributed by atoms with Crippen LogP contribution in [0.5, 0.6) is 0 Å². The first-order valence-corrected chi connectivity index (χ1v) is 12.9. The van der Waals surface area contributed by atoms with Crippen molar-refractivity contribution in [3.05, 3.63) is 66.7 Å². The van der Waals surface area contributed by atoms with Gasteiger partial charge in [-0.15, -0.1) is 5.10 Å². The minimum absolute atomic E-state index is 0.0412. The van der Waals surface area contributed by atoms with Crippen molar-refractivity contribution in [2.75, 3.05) is 42.8 Å². The van der Waals surface area contributed by atoms with Crippen LogP contribution >= 0.6 is 0 Å². The molecule has 0 spiro atoms. The number of sulfone groups is 1. The third-order valence-corrected chi connectivity index (χ3v) is 6.97. The summed E-state index contributed by atoms with van der Waals surface area (Å²) in [4.78, 5) is 19.8. The van der Waals surface area contributed by atoms with Gasteiger partial charge in [0.1, 0.15) is 0 Å². The minimum atomic E-state index is -3.26. The molecule has 10 nitrogen and oxygen atoms in total. The Bertz CT molecular complexity index is 1480. The van der Waals surface area contributed by atoms with Crippen LogP contribution in [0.3, 0.4) is 0 Å². The standard InChI is InChI=1S/C24H24N6O4S/c1-35(33,34)20-11-5-17(6-12-20)21-3-2-4-22-26-24(27-30(21)22)25-18-7-9-19(10-8-18)29-14-13-28(16-29)15-23(31)32/h2-12H,13-16H2,1H3,(H,25,27)(H,31,32). The van der Waals surface area contributed by atoms with Gasteiger partial charge in [-0.1, -0.05) is 18.2 Å². The number of nitrogens with zero attached hydrogens (tertiary/aromatic N) is 5. The van der Waals surface area contributed by atoms with E-state index >= 15 is 0 Å². The predicted molar refractivity (Wildman–Crippen MR) is 133 cm³/mol. The third kappa shape index (κ3) is 4.96. The molecule has 2 N–H and O–H groups in total. The molecule has 0 bridgehead atoms. The summed E-state index contributed by atoms with van der Waals surface area (Å²) in [7, 11) is -3.26.